The molecule has 1 saturated heterocycles. The summed E-state index contributed by atoms with van der Waals surface area (Å²) in [5.41, 5.74) is 8.22. The fourth-order valence-electron chi connectivity index (χ4n) is 2.40. The molecule has 0 spiro atoms. The number of rotatable bonds is 3. The van der Waals surface area contributed by atoms with Gasteiger partial charge in [-0.1, -0.05) is 0 Å². The van der Waals surface area contributed by atoms with E-state index < -0.39 is 0 Å². The van der Waals surface area contributed by atoms with Gasteiger partial charge in [0, 0.05) is 38.5 Å². The van der Waals surface area contributed by atoms with Crippen molar-refractivity contribution in [1.29, 1.82) is 0 Å². The molecule has 0 amide bonds. The number of piperidine rings is 1. The number of nitrogens with zero attached hydrogens (tertiary/aromatic N) is 2. The largest absolute Gasteiger partial charge is 0.381 e. The number of ether oxygens (including phenoxy) is 1. The van der Waals surface area contributed by atoms with E-state index in [4.69, 9.17) is 10.5 Å². The van der Waals surface area contributed by atoms with Crippen LogP contribution in [0.2, 0.25) is 0 Å². The Morgan fingerprint density at radius 2 is 2.18 bits per heavy atom. The highest BCUT2D eigenvalue weighted by atomic mass is 16.5. The Balaban J connectivity index is 2.15. The number of nitrogens with two attached hydrogens (primary N) is 1. The lowest BCUT2D eigenvalue weighted by Crippen LogP contribution is -2.37. The number of hydrogen-bond donors (Lipinski definition) is 1. The summed E-state index contributed by atoms with van der Waals surface area (Å²) in [6.07, 6.45) is 4.40. The third-order valence-electron chi connectivity index (χ3n) is 3.55. The predicted octanol–water partition coefficient (Wildman–Crippen LogP) is 1.46. The Labute approximate surface area is 103 Å². The highest BCUT2D eigenvalue weighted by molar-refractivity contribution is 5.50. The summed E-state index contributed by atoms with van der Waals surface area (Å²) < 4.78 is 5.38. The normalized spacial score (nSPS) is 17.5. The predicted molar refractivity (Wildman–Crippen MR) is 69.1 cm³/mol. The second-order valence-corrected chi connectivity index (χ2v) is 4.56. The first-order valence-electron chi connectivity index (χ1n) is 6.18. The average Bonchev–Trinajstić information content (AvgIpc) is 2.38. The molecule has 2 heterocycles. The van der Waals surface area contributed by atoms with Crippen LogP contribution in [0.5, 0.6) is 0 Å². The smallest absolute Gasteiger partial charge is 0.133 e. The van der Waals surface area contributed by atoms with Crippen molar-refractivity contribution in [3.63, 3.8) is 0 Å². The molecule has 1 aliphatic rings. The summed E-state index contributed by atoms with van der Waals surface area (Å²) in [4.78, 5) is 6.81. The maximum absolute atomic E-state index is 5.82. The fourth-order valence-corrected chi connectivity index (χ4v) is 2.40. The first-order valence-corrected chi connectivity index (χ1v) is 6.18. The van der Waals surface area contributed by atoms with Gasteiger partial charge in [-0.25, -0.2) is 4.98 Å². The van der Waals surface area contributed by atoms with Gasteiger partial charge in [0.1, 0.15) is 5.82 Å². The first-order chi connectivity index (χ1) is 8.26. The first kappa shape index (κ1) is 12.3. The number of aromatic nitrogens is 1. The van der Waals surface area contributed by atoms with E-state index in [1.165, 1.54) is 11.1 Å². The topological polar surface area (TPSA) is 51.4 Å². The van der Waals surface area contributed by atoms with Crippen LogP contribution in [0.3, 0.4) is 0 Å². The Kier molecular flexibility index (Phi) is 3.97. The molecule has 0 atom stereocenters. The molecule has 0 aromatic carbocycles. The van der Waals surface area contributed by atoms with Crippen LogP contribution in [0.1, 0.15) is 24.0 Å². The van der Waals surface area contributed by atoms with Crippen LogP contribution in [-0.4, -0.2) is 31.3 Å². The lowest BCUT2D eigenvalue weighted by molar-refractivity contribution is 0.0817. The van der Waals surface area contributed by atoms with Gasteiger partial charge in [-0.3, -0.25) is 0 Å². The van der Waals surface area contributed by atoms with Gasteiger partial charge >= 0.3 is 0 Å². The molecule has 1 aliphatic heterocycles. The number of hydrogen-bond acceptors (Lipinski definition) is 4. The minimum Gasteiger partial charge on any atom is -0.381 e. The third-order valence-corrected chi connectivity index (χ3v) is 3.55. The molecule has 0 bridgehead atoms. The van der Waals surface area contributed by atoms with Crippen molar-refractivity contribution in [3.8, 4) is 0 Å². The van der Waals surface area contributed by atoms with Crippen LogP contribution in [-0.2, 0) is 11.3 Å². The van der Waals surface area contributed by atoms with Gasteiger partial charge in [0.2, 0.25) is 0 Å². The minimum atomic E-state index is 0.400. The van der Waals surface area contributed by atoms with Crippen molar-refractivity contribution in [3.05, 3.63) is 23.4 Å². The van der Waals surface area contributed by atoms with Crippen molar-refractivity contribution < 1.29 is 4.74 Å². The Bertz CT molecular complexity index is 373. The van der Waals surface area contributed by atoms with Crippen LogP contribution >= 0.6 is 0 Å². The van der Waals surface area contributed by atoms with Crippen LogP contribution < -0.4 is 10.6 Å². The maximum Gasteiger partial charge on any atom is 0.133 e. The quantitative estimate of drug-likeness (QED) is 0.862. The molecular weight excluding hydrogens is 214 g/mol. The zero-order valence-electron chi connectivity index (χ0n) is 10.6. The van der Waals surface area contributed by atoms with Gasteiger partial charge in [-0.05, 0) is 31.4 Å². The van der Waals surface area contributed by atoms with Gasteiger partial charge in [0.05, 0.1) is 6.10 Å². The molecule has 0 unspecified atom stereocenters. The Morgan fingerprint density at radius 1 is 1.47 bits per heavy atom. The molecular formula is C13H21N3O. The number of methoxy groups -OCH3 is 1. The Hall–Kier alpha value is -1.13. The van der Waals surface area contributed by atoms with E-state index in [0.717, 1.165) is 31.7 Å². The van der Waals surface area contributed by atoms with E-state index in [9.17, 15) is 0 Å². The van der Waals surface area contributed by atoms with Gasteiger partial charge in [-0.15, -0.1) is 0 Å². The standard InChI is InChI=1S/C13H21N3O/c1-10-3-6-15-13(12(10)9-14)16-7-4-11(17-2)5-8-16/h3,6,11H,4-5,7-9,14H2,1-2H3. The van der Waals surface area contributed by atoms with Crippen molar-refractivity contribution in [1.82, 2.24) is 4.98 Å². The minimum absolute atomic E-state index is 0.400. The summed E-state index contributed by atoms with van der Waals surface area (Å²) in [7, 11) is 1.79. The van der Waals surface area contributed by atoms with E-state index in [-0.39, 0.29) is 0 Å². The lowest BCUT2D eigenvalue weighted by Gasteiger charge is -2.33. The van der Waals surface area contributed by atoms with E-state index in [2.05, 4.69) is 16.8 Å². The van der Waals surface area contributed by atoms with Gasteiger partial charge in [0.25, 0.3) is 0 Å². The molecule has 1 fully saturated rings. The van der Waals surface area contributed by atoms with E-state index in [0.29, 0.717) is 12.6 Å². The highest BCUT2D eigenvalue weighted by Gasteiger charge is 2.21. The van der Waals surface area contributed by atoms with Gasteiger partial charge < -0.3 is 15.4 Å². The number of aryl methyl sites for hydroxylation is 1. The van der Waals surface area contributed by atoms with Crippen LogP contribution in [0.15, 0.2) is 12.3 Å². The van der Waals surface area contributed by atoms with Crippen molar-refractivity contribution in [2.75, 3.05) is 25.1 Å². The number of anilines is 1. The molecule has 1 aromatic rings. The zero-order chi connectivity index (χ0) is 12.3. The van der Waals surface area contributed by atoms with Crippen molar-refractivity contribution in [2.45, 2.75) is 32.4 Å². The summed E-state index contributed by atoms with van der Waals surface area (Å²) in [6, 6.07) is 2.02. The SMILES string of the molecule is COC1CCN(c2nccc(C)c2CN)CC1. The van der Waals surface area contributed by atoms with E-state index in [1.54, 1.807) is 7.11 Å². The van der Waals surface area contributed by atoms with Crippen molar-refractivity contribution >= 4 is 5.82 Å². The van der Waals surface area contributed by atoms with Crippen LogP contribution in [0.4, 0.5) is 5.82 Å². The lowest BCUT2D eigenvalue weighted by atomic mass is 10.1. The molecule has 0 radical (unpaired) electrons. The second-order valence-electron chi connectivity index (χ2n) is 4.56. The monoisotopic (exact) mass is 235 g/mol. The maximum atomic E-state index is 5.82. The molecule has 17 heavy (non-hydrogen) atoms. The van der Waals surface area contributed by atoms with Gasteiger partial charge in [0.15, 0.2) is 0 Å². The highest BCUT2D eigenvalue weighted by Crippen LogP contribution is 2.24. The van der Waals surface area contributed by atoms with E-state index >= 15 is 0 Å². The molecule has 1 aromatic heterocycles. The molecule has 0 saturated carbocycles. The van der Waals surface area contributed by atoms with E-state index in [1.807, 2.05) is 12.3 Å². The summed E-state index contributed by atoms with van der Waals surface area (Å²) in [6.45, 7) is 4.65. The average molecular weight is 235 g/mol. The van der Waals surface area contributed by atoms with Crippen molar-refractivity contribution in [2.24, 2.45) is 5.73 Å². The molecule has 0 aliphatic carbocycles. The molecule has 2 rings (SSSR count). The summed E-state index contributed by atoms with van der Waals surface area (Å²) >= 11 is 0. The molecule has 2 N–H and O–H groups in total. The zero-order valence-corrected chi connectivity index (χ0v) is 10.6. The van der Waals surface area contributed by atoms with Crippen LogP contribution in [0, 0.1) is 6.92 Å². The number of pyridine rings is 1. The molecule has 4 heteroatoms. The fraction of sp³-hybridized carbons (Fsp3) is 0.615. The third kappa shape index (κ3) is 2.58. The summed E-state index contributed by atoms with van der Waals surface area (Å²) in [5.74, 6) is 1.06. The van der Waals surface area contributed by atoms with Gasteiger partial charge in [-0.2, -0.15) is 0 Å². The Morgan fingerprint density at radius 3 is 2.76 bits per heavy atom. The molecule has 4 nitrogen and oxygen atoms in total. The van der Waals surface area contributed by atoms with Crippen LogP contribution in [0.25, 0.3) is 0 Å². The summed E-state index contributed by atoms with van der Waals surface area (Å²) in [5, 5.41) is 0. The second kappa shape index (κ2) is 5.47. The molecule has 94 valence electrons.